The van der Waals surface area contributed by atoms with Crippen LogP contribution < -0.4 is 15.0 Å². The molecular weight excluding hydrogens is 683 g/mol. The van der Waals surface area contributed by atoms with Crippen LogP contribution in [0.4, 0.5) is 23.4 Å². The SMILES string of the molecule is C#Cc1c(F)ccc2cccc(-c3ncc4c(N5CCN(C(=O)/C(F)=C/c6nccs6)CC5)nc(OC[C@@H]5CCCNC[C@H](F)C5)nc4c3F)c12. The summed E-state index contributed by atoms with van der Waals surface area (Å²) in [4.78, 5) is 33.7. The lowest BCUT2D eigenvalue weighted by Gasteiger charge is -2.35. The average Bonchev–Trinajstić information content (AvgIpc) is 3.65. The maximum absolute atomic E-state index is 16.8. The van der Waals surface area contributed by atoms with Gasteiger partial charge in [-0.3, -0.25) is 9.78 Å². The van der Waals surface area contributed by atoms with E-state index in [1.807, 2.05) is 4.90 Å². The summed E-state index contributed by atoms with van der Waals surface area (Å²) in [6.07, 6.45) is 10.6. The number of alkyl halides is 1. The number of anilines is 1. The number of rotatable bonds is 7. The highest BCUT2D eigenvalue weighted by molar-refractivity contribution is 7.10. The molecular formula is C37H33F4N7O2S. The van der Waals surface area contributed by atoms with Gasteiger partial charge in [0.1, 0.15) is 34.0 Å². The average molecular weight is 716 g/mol. The molecule has 1 N–H and O–H groups in total. The number of thiazole rings is 1. The predicted molar refractivity (Wildman–Crippen MR) is 189 cm³/mol. The molecule has 2 saturated heterocycles. The molecule has 0 bridgehead atoms. The Morgan fingerprint density at radius 1 is 1.14 bits per heavy atom. The van der Waals surface area contributed by atoms with E-state index in [-0.39, 0.29) is 73.4 Å². The first-order valence-electron chi connectivity index (χ1n) is 16.6. The highest BCUT2D eigenvalue weighted by atomic mass is 32.1. The number of terminal acetylenes is 1. The van der Waals surface area contributed by atoms with E-state index >= 15 is 4.39 Å². The summed E-state index contributed by atoms with van der Waals surface area (Å²) in [5.74, 6) is -0.463. The molecule has 5 heterocycles. The summed E-state index contributed by atoms with van der Waals surface area (Å²) in [6, 6.07) is 7.81. The summed E-state index contributed by atoms with van der Waals surface area (Å²) in [7, 11) is 0. The Kier molecular flexibility index (Phi) is 10.1. The van der Waals surface area contributed by atoms with Crippen LogP contribution in [0.15, 0.2) is 53.9 Å². The van der Waals surface area contributed by atoms with E-state index in [1.54, 1.807) is 29.6 Å². The van der Waals surface area contributed by atoms with Crippen molar-refractivity contribution in [1.82, 2.24) is 30.2 Å². The summed E-state index contributed by atoms with van der Waals surface area (Å²) < 4.78 is 67.0. The molecule has 5 aromatic rings. The van der Waals surface area contributed by atoms with Crippen molar-refractivity contribution in [3.05, 3.63) is 76.1 Å². The van der Waals surface area contributed by atoms with Gasteiger partial charge in [-0.15, -0.1) is 17.8 Å². The van der Waals surface area contributed by atoms with Gasteiger partial charge in [0.15, 0.2) is 11.6 Å². The van der Waals surface area contributed by atoms with E-state index in [0.717, 1.165) is 18.9 Å². The third-order valence-electron chi connectivity index (χ3n) is 9.18. The van der Waals surface area contributed by atoms with E-state index in [1.165, 1.54) is 34.7 Å². The van der Waals surface area contributed by atoms with Crippen molar-refractivity contribution in [2.45, 2.75) is 25.4 Å². The molecule has 2 aliphatic heterocycles. The molecule has 3 aromatic heterocycles. The number of pyridine rings is 1. The number of hydrogen-bond acceptors (Lipinski definition) is 9. The van der Waals surface area contributed by atoms with Crippen LogP contribution in [-0.2, 0) is 4.79 Å². The highest BCUT2D eigenvalue weighted by Crippen LogP contribution is 2.37. The molecule has 14 heteroatoms. The summed E-state index contributed by atoms with van der Waals surface area (Å²) >= 11 is 1.22. The quantitative estimate of drug-likeness (QED) is 0.119. The van der Waals surface area contributed by atoms with E-state index in [2.05, 4.69) is 31.2 Å². The first-order chi connectivity index (χ1) is 24.8. The van der Waals surface area contributed by atoms with Crippen molar-refractivity contribution in [1.29, 1.82) is 0 Å². The fourth-order valence-electron chi connectivity index (χ4n) is 6.64. The molecule has 7 rings (SSSR count). The molecule has 0 aliphatic carbocycles. The lowest BCUT2D eigenvalue weighted by molar-refractivity contribution is -0.128. The molecule has 0 saturated carbocycles. The molecule has 2 fully saturated rings. The maximum Gasteiger partial charge on any atom is 0.319 e. The Labute approximate surface area is 295 Å². The van der Waals surface area contributed by atoms with Crippen LogP contribution >= 0.6 is 11.3 Å². The molecule has 2 aliphatic rings. The van der Waals surface area contributed by atoms with Gasteiger partial charge in [-0.2, -0.15) is 9.97 Å². The molecule has 262 valence electrons. The normalized spacial score (nSPS) is 18.8. The fourth-order valence-corrected chi connectivity index (χ4v) is 7.19. The highest BCUT2D eigenvalue weighted by Gasteiger charge is 2.28. The minimum atomic E-state index is -1.03. The van der Waals surface area contributed by atoms with Gasteiger partial charge in [-0.25, -0.2) is 22.5 Å². The zero-order chi connectivity index (χ0) is 35.5. The predicted octanol–water partition coefficient (Wildman–Crippen LogP) is 6.33. The number of ether oxygens (including phenoxy) is 1. The van der Waals surface area contributed by atoms with Gasteiger partial charge in [0, 0.05) is 67.5 Å². The number of carbonyl (C=O) groups is 1. The lowest BCUT2D eigenvalue weighted by Crippen LogP contribution is -2.49. The number of fused-ring (bicyclic) bond motifs is 2. The van der Waals surface area contributed by atoms with Crippen LogP contribution in [0.25, 0.3) is 39.0 Å². The third-order valence-corrected chi connectivity index (χ3v) is 9.90. The van der Waals surface area contributed by atoms with Crippen molar-refractivity contribution >= 4 is 50.8 Å². The van der Waals surface area contributed by atoms with Crippen LogP contribution in [0.1, 0.15) is 29.8 Å². The van der Waals surface area contributed by atoms with Crippen LogP contribution in [0.2, 0.25) is 0 Å². The lowest BCUT2D eigenvalue weighted by atomic mass is 9.96. The van der Waals surface area contributed by atoms with E-state index < -0.39 is 29.5 Å². The van der Waals surface area contributed by atoms with Crippen molar-refractivity contribution < 1.29 is 27.1 Å². The van der Waals surface area contributed by atoms with Gasteiger partial charge in [0.25, 0.3) is 5.91 Å². The topological polar surface area (TPSA) is 96.4 Å². The third kappa shape index (κ3) is 7.22. The van der Waals surface area contributed by atoms with E-state index in [9.17, 15) is 18.0 Å². The zero-order valence-electron chi connectivity index (χ0n) is 27.4. The standard InChI is InChI=1S/C37H33F4N7O2S/c1-2-25-28(39)9-8-23-6-3-7-26(31(23)25)33-32(41)34-27(20-44-33)35(46-37(45-34)50-21-22-5-4-10-42-19-24(38)17-22)47-12-14-48(15-13-47)36(49)29(40)18-30-43-11-16-51-30/h1,3,6-9,11,16,18,20,22,24,42H,4-5,10,12-15,17,19,21H2/b29-18-/t22-,24-/m1/s1. The van der Waals surface area contributed by atoms with Gasteiger partial charge < -0.3 is 19.9 Å². The first kappa shape index (κ1) is 34.3. The smallest absolute Gasteiger partial charge is 0.319 e. The minimum Gasteiger partial charge on any atom is -0.463 e. The van der Waals surface area contributed by atoms with E-state index in [0.29, 0.717) is 40.1 Å². The number of piperazine rings is 1. The summed E-state index contributed by atoms with van der Waals surface area (Å²) in [5.41, 5.74) is 0.107. The number of aromatic nitrogens is 4. The maximum atomic E-state index is 16.8. The van der Waals surface area contributed by atoms with Crippen molar-refractivity contribution in [2.24, 2.45) is 5.92 Å². The second-order valence-electron chi connectivity index (χ2n) is 12.5. The molecule has 0 radical (unpaired) electrons. The van der Waals surface area contributed by atoms with Crippen molar-refractivity contribution in [3.8, 4) is 29.6 Å². The van der Waals surface area contributed by atoms with Crippen LogP contribution in [0.3, 0.4) is 0 Å². The number of nitrogens with zero attached hydrogens (tertiary/aromatic N) is 6. The molecule has 51 heavy (non-hydrogen) atoms. The Morgan fingerprint density at radius 2 is 1.98 bits per heavy atom. The second kappa shape index (κ2) is 15.0. The molecule has 1 amide bonds. The molecule has 2 aromatic carbocycles. The number of halogens is 4. The Morgan fingerprint density at radius 3 is 2.76 bits per heavy atom. The zero-order valence-corrected chi connectivity index (χ0v) is 28.2. The molecule has 9 nitrogen and oxygen atoms in total. The molecule has 0 unspecified atom stereocenters. The van der Waals surface area contributed by atoms with Gasteiger partial charge in [-0.1, -0.05) is 30.2 Å². The fraction of sp³-hybridized carbons (Fsp3) is 0.324. The monoisotopic (exact) mass is 715 g/mol. The first-order valence-corrected chi connectivity index (χ1v) is 17.5. The Balaban J connectivity index is 1.24. The number of benzene rings is 2. The second-order valence-corrected chi connectivity index (χ2v) is 13.4. The molecule has 2 atom stereocenters. The Bertz CT molecular complexity index is 2150. The van der Waals surface area contributed by atoms with Crippen molar-refractivity contribution in [3.63, 3.8) is 0 Å². The molecule has 0 spiro atoms. The number of carbonyl (C=O) groups excluding carboxylic acids is 1. The van der Waals surface area contributed by atoms with Crippen LogP contribution in [0, 0.1) is 29.9 Å². The van der Waals surface area contributed by atoms with Gasteiger partial charge in [0.05, 0.1) is 17.6 Å². The van der Waals surface area contributed by atoms with Crippen LogP contribution in [-0.4, -0.2) is 82.8 Å². The summed E-state index contributed by atoms with van der Waals surface area (Å²) in [6.45, 7) is 1.93. The number of nitrogens with one attached hydrogen (secondary N) is 1. The van der Waals surface area contributed by atoms with Gasteiger partial charge >= 0.3 is 6.01 Å². The summed E-state index contributed by atoms with van der Waals surface area (Å²) in [5, 5.41) is 6.40. The van der Waals surface area contributed by atoms with Crippen LogP contribution in [0.5, 0.6) is 6.01 Å². The van der Waals surface area contributed by atoms with Crippen molar-refractivity contribution in [2.75, 3.05) is 50.8 Å². The minimum absolute atomic E-state index is 0.0114. The number of hydrogen-bond donors (Lipinski definition) is 1. The van der Waals surface area contributed by atoms with E-state index in [4.69, 9.17) is 11.2 Å². The number of amides is 1. The van der Waals surface area contributed by atoms with Gasteiger partial charge in [0.2, 0.25) is 0 Å². The van der Waals surface area contributed by atoms with Gasteiger partial charge in [-0.05, 0) is 43.2 Å². The Hall–Kier alpha value is -5.13. The largest absolute Gasteiger partial charge is 0.463 e.